The van der Waals surface area contributed by atoms with Gasteiger partial charge in [-0.1, -0.05) is 23.4 Å². The maximum absolute atomic E-state index is 5.68. The van der Waals surface area contributed by atoms with Crippen LogP contribution < -0.4 is 5.73 Å². The second-order valence-corrected chi connectivity index (χ2v) is 4.09. The molecule has 0 bridgehead atoms. The molecule has 0 aliphatic rings. The summed E-state index contributed by atoms with van der Waals surface area (Å²) in [6, 6.07) is 6.28. The fourth-order valence-corrected chi connectivity index (χ4v) is 1.77. The summed E-state index contributed by atoms with van der Waals surface area (Å²) in [7, 11) is 0. The fourth-order valence-electron chi connectivity index (χ4n) is 1.77. The Morgan fingerprint density at radius 2 is 1.81 bits per heavy atom. The second-order valence-electron chi connectivity index (χ2n) is 4.09. The highest BCUT2D eigenvalue weighted by Gasteiger charge is 2.08. The molecule has 4 heteroatoms. The summed E-state index contributed by atoms with van der Waals surface area (Å²) >= 11 is 0. The average Bonchev–Trinajstić information content (AvgIpc) is 2.55. The number of hydrogen-bond donors (Lipinski definition) is 1. The predicted octanol–water partition coefficient (Wildman–Crippen LogP) is 1.83. The summed E-state index contributed by atoms with van der Waals surface area (Å²) in [6.07, 6.45) is 0. The van der Waals surface area contributed by atoms with Gasteiger partial charge in [0, 0.05) is 0 Å². The second kappa shape index (κ2) is 3.96. The third kappa shape index (κ3) is 1.78. The van der Waals surface area contributed by atoms with Crippen molar-refractivity contribution in [2.45, 2.75) is 27.3 Å². The zero-order valence-corrected chi connectivity index (χ0v) is 9.86. The smallest absolute Gasteiger partial charge is 0.168 e. The Labute approximate surface area is 95.1 Å². The van der Waals surface area contributed by atoms with Crippen LogP contribution in [0.4, 0.5) is 5.82 Å². The van der Waals surface area contributed by atoms with E-state index in [1.165, 1.54) is 16.7 Å². The third-order valence-corrected chi connectivity index (χ3v) is 2.97. The number of nitrogen functional groups attached to an aromatic ring is 1. The van der Waals surface area contributed by atoms with E-state index in [1.54, 1.807) is 0 Å². The summed E-state index contributed by atoms with van der Waals surface area (Å²) in [5.41, 5.74) is 10.4. The molecule has 0 unspecified atom stereocenters. The topological polar surface area (TPSA) is 56.7 Å². The van der Waals surface area contributed by atoms with Gasteiger partial charge in [-0.2, -0.15) is 0 Å². The van der Waals surface area contributed by atoms with Crippen LogP contribution in [0.15, 0.2) is 18.2 Å². The molecule has 0 aliphatic carbocycles. The number of hydrogen-bond acceptors (Lipinski definition) is 3. The van der Waals surface area contributed by atoms with Crippen LogP contribution >= 0.6 is 0 Å². The molecule has 0 atom stereocenters. The Balaban J connectivity index is 2.38. The first-order valence-electron chi connectivity index (χ1n) is 5.30. The quantitative estimate of drug-likeness (QED) is 0.833. The van der Waals surface area contributed by atoms with Crippen LogP contribution in [0.3, 0.4) is 0 Å². The van der Waals surface area contributed by atoms with Gasteiger partial charge in [0.15, 0.2) is 5.82 Å². The van der Waals surface area contributed by atoms with Gasteiger partial charge >= 0.3 is 0 Å². The molecule has 0 saturated carbocycles. The largest absolute Gasteiger partial charge is 0.381 e. The first-order chi connectivity index (χ1) is 7.59. The summed E-state index contributed by atoms with van der Waals surface area (Å²) in [5, 5.41) is 7.90. The molecule has 1 heterocycles. The zero-order chi connectivity index (χ0) is 11.7. The molecule has 0 fully saturated rings. The van der Waals surface area contributed by atoms with E-state index in [2.05, 4.69) is 42.4 Å². The number of benzene rings is 1. The number of anilines is 1. The molecule has 0 radical (unpaired) electrons. The maximum atomic E-state index is 5.68. The Hall–Kier alpha value is -1.84. The molecule has 0 amide bonds. The summed E-state index contributed by atoms with van der Waals surface area (Å²) in [5.74, 6) is 0.506. The minimum Gasteiger partial charge on any atom is -0.381 e. The van der Waals surface area contributed by atoms with Crippen LogP contribution in [-0.2, 0) is 6.54 Å². The Morgan fingerprint density at radius 1 is 1.19 bits per heavy atom. The molecule has 0 spiro atoms. The first kappa shape index (κ1) is 10.7. The van der Waals surface area contributed by atoms with E-state index in [9.17, 15) is 0 Å². The molecule has 2 rings (SSSR count). The van der Waals surface area contributed by atoms with Crippen LogP contribution in [0.1, 0.15) is 22.4 Å². The van der Waals surface area contributed by atoms with Crippen molar-refractivity contribution >= 4 is 5.82 Å². The molecule has 1 aromatic heterocycles. The summed E-state index contributed by atoms with van der Waals surface area (Å²) in [4.78, 5) is 0. The van der Waals surface area contributed by atoms with Crippen LogP contribution in [0.2, 0.25) is 0 Å². The molecule has 0 aliphatic heterocycles. The summed E-state index contributed by atoms with van der Waals surface area (Å²) in [6.45, 7) is 6.88. The van der Waals surface area contributed by atoms with E-state index in [1.807, 2.05) is 11.6 Å². The molecule has 4 nitrogen and oxygen atoms in total. The highest BCUT2D eigenvalue weighted by atomic mass is 15.4. The Kier molecular flexibility index (Phi) is 2.64. The minimum atomic E-state index is 0.506. The molecule has 16 heavy (non-hydrogen) atoms. The Bertz CT molecular complexity index is 493. The van der Waals surface area contributed by atoms with E-state index in [4.69, 9.17) is 5.73 Å². The lowest BCUT2D eigenvalue weighted by molar-refractivity contribution is 0.629. The van der Waals surface area contributed by atoms with Gasteiger partial charge in [-0.3, -0.25) is 0 Å². The van der Waals surface area contributed by atoms with Crippen LogP contribution in [0.5, 0.6) is 0 Å². The fraction of sp³-hybridized carbons (Fsp3) is 0.333. The van der Waals surface area contributed by atoms with Gasteiger partial charge in [0.25, 0.3) is 0 Å². The van der Waals surface area contributed by atoms with Crippen LogP contribution in [-0.4, -0.2) is 15.0 Å². The van der Waals surface area contributed by atoms with Gasteiger partial charge in [0.05, 0.1) is 12.2 Å². The molecule has 1 aromatic carbocycles. The van der Waals surface area contributed by atoms with Crippen molar-refractivity contribution in [1.82, 2.24) is 15.0 Å². The number of nitrogens with two attached hydrogens (primary N) is 1. The van der Waals surface area contributed by atoms with Gasteiger partial charge in [0.2, 0.25) is 0 Å². The van der Waals surface area contributed by atoms with E-state index in [0.29, 0.717) is 5.82 Å². The molecule has 0 saturated heterocycles. The number of aromatic nitrogens is 3. The van der Waals surface area contributed by atoms with E-state index >= 15 is 0 Å². The van der Waals surface area contributed by atoms with Crippen molar-refractivity contribution in [2.75, 3.05) is 5.73 Å². The highest BCUT2D eigenvalue weighted by molar-refractivity contribution is 5.36. The molecular formula is C12H16N4. The third-order valence-electron chi connectivity index (χ3n) is 2.97. The number of nitrogens with zero attached hydrogens (tertiary/aromatic N) is 3. The van der Waals surface area contributed by atoms with Crippen LogP contribution in [0, 0.1) is 20.8 Å². The molecular weight excluding hydrogens is 200 g/mol. The summed E-state index contributed by atoms with van der Waals surface area (Å²) < 4.78 is 1.84. The number of rotatable bonds is 2. The monoisotopic (exact) mass is 216 g/mol. The van der Waals surface area contributed by atoms with Crippen molar-refractivity contribution < 1.29 is 0 Å². The predicted molar refractivity (Wildman–Crippen MR) is 64.2 cm³/mol. The average molecular weight is 216 g/mol. The first-order valence-corrected chi connectivity index (χ1v) is 5.30. The van der Waals surface area contributed by atoms with E-state index in [0.717, 1.165) is 12.2 Å². The lowest BCUT2D eigenvalue weighted by Crippen LogP contribution is -2.07. The van der Waals surface area contributed by atoms with Crippen LogP contribution in [0.25, 0.3) is 0 Å². The SMILES string of the molecule is Cc1cccc(C)c1Cn1nnc(N)c1C. The lowest BCUT2D eigenvalue weighted by Gasteiger charge is -2.10. The van der Waals surface area contributed by atoms with Crippen molar-refractivity contribution in [3.63, 3.8) is 0 Å². The molecule has 84 valence electrons. The molecule has 2 aromatic rings. The van der Waals surface area contributed by atoms with Crippen molar-refractivity contribution in [2.24, 2.45) is 0 Å². The van der Waals surface area contributed by atoms with Gasteiger partial charge in [-0.05, 0) is 37.5 Å². The van der Waals surface area contributed by atoms with Crippen molar-refractivity contribution in [3.8, 4) is 0 Å². The zero-order valence-electron chi connectivity index (χ0n) is 9.86. The highest BCUT2D eigenvalue weighted by Crippen LogP contribution is 2.16. The van der Waals surface area contributed by atoms with Crippen molar-refractivity contribution in [1.29, 1.82) is 0 Å². The van der Waals surface area contributed by atoms with Gasteiger partial charge < -0.3 is 5.73 Å². The normalized spacial score (nSPS) is 10.7. The van der Waals surface area contributed by atoms with E-state index in [-0.39, 0.29) is 0 Å². The number of aryl methyl sites for hydroxylation is 2. The Morgan fingerprint density at radius 3 is 2.31 bits per heavy atom. The van der Waals surface area contributed by atoms with Gasteiger partial charge in [0.1, 0.15) is 0 Å². The maximum Gasteiger partial charge on any atom is 0.168 e. The standard InChI is InChI=1S/C12H16N4/c1-8-5-4-6-9(2)11(8)7-16-10(3)12(13)14-15-16/h4-6H,7,13H2,1-3H3. The molecule has 2 N–H and O–H groups in total. The lowest BCUT2D eigenvalue weighted by atomic mass is 10.0. The minimum absolute atomic E-state index is 0.506. The van der Waals surface area contributed by atoms with E-state index < -0.39 is 0 Å². The van der Waals surface area contributed by atoms with Gasteiger partial charge in [-0.25, -0.2) is 4.68 Å². The van der Waals surface area contributed by atoms with Gasteiger partial charge in [-0.15, -0.1) is 5.10 Å². The van der Waals surface area contributed by atoms with Crippen molar-refractivity contribution in [3.05, 3.63) is 40.6 Å².